The Hall–Kier alpha value is -2.27. The Morgan fingerprint density at radius 3 is 2.64 bits per heavy atom. The molecule has 1 aromatic carbocycles. The van der Waals surface area contributed by atoms with E-state index < -0.39 is 11.9 Å². The van der Waals surface area contributed by atoms with Gasteiger partial charge < -0.3 is 14.8 Å². The highest BCUT2D eigenvalue weighted by molar-refractivity contribution is 6.30. The van der Waals surface area contributed by atoms with Gasteiger partial charge >= 0.3 is 5.97 Å². The quantitative estimate of drug-likeness (QED) is 0.885. The third-order valence-electron chi connectivity index (χ3n) is 3.37. The van der Waals surface area contributed by atoms with Crippen LogP contribution in [0.15, 0.2) is 41.0 Å². The molecule has 116 valence electrons. The Labute approximate surface area is 132 Å². The van der Waals surface area contributed by atoms with Crippen molar-refractivity contribution in [2.75, 3.05) is 6.54 Å². The van der Waals surface area contributed by atoms with Crippen LogP contribution in [0.25, 0.3) is 0 Å². The van der Waals surface area contributed by atoms with Gasteiger partial charge in [0.05, 0.1) is 5.56 Å². The van der Waals surface area contributed by atoms with Crippen molar-refractivity contribution in [1.29, 1.82) is 0 Å². The molecule has 0 radical (unpaired) electrons. The minimum atomic E-state index is -1.14. The van der Waals surface area contributed by atoms with Crippen molar-refractivity contribution in [3.63, 3.8) is 0 Å². The van der Waals surface area contributed by atoms with Crippen LogP contribution in [0.4, 0.5) is 0 Å². The molecule has 1 aromatic heterocycles. The smallest absolute Gasteiger partial charge is 0.338 e. The Morgan fingerprint density at radius 1 is 1.32 bits per heavy atom. The standard InChI is InChI=1S/C16H16ClNO4/c1-16(2,11-4-3-5-12(17)7-11)9-18-14(19)13-6-10(8-22-13)15(20)21/h3-8H,9H2,1-2H3,(H,18,19)(H,20,21). The fraction of sp³-hybridized carbons (Fsp3) is 0.250. The minimum absolute atomic E-state index is 0.0284. The number of carbonyl (C=O) groups is 2. The molecule has 0 unspecified atom stereocenters. The van der Waals surface area contributed by atoms with Crippen LogP contribution in [-0.4, -0.2) is 23.5 Å². The molecule has 2 aromatic rings. The average Bonchev–Trinajstić information content (AvgIpc) is 2.95. The number of carboxylic acid groups (broad SMARTS) is 1. The lowest BCUT2D eigenvalue weighted by molar-refractivity contribution is 0.0696. The maximum absolute atomic E-state index is 12.0. The van der Waals surface area contributed by atoms with Gasteiger partial charge in [-0.1, -0.05) is 37.6 Å². The zero-order chi connectivity index (χ0) is 16.3. The van der Waals surface area contributed by atoms with Crippen molar-refractivity contribution in [2.24, 2.45) is 0 Å². The monoisotopic (exact) mass is 321 g/mol. The van der Waals surface area contributed by atoms with E-state index in [4.69, 9.17) is 21.1 Å². The highest BCUT2D eigenvalue weighted by Gasteiger charge is 2.23. The molecule has 0 aliphatic heterocycles. The summed E-state index contributed by atoms with van der Waals surface area (Å²) < 4.78 is 4.96. The van der Waals surface area contributed by atoms with Gasteiger partial charge in [0.15, 0.2) is 5.76 Å². The molecule has 0 bridgehead atoms. The summed E-state index contributed by atoms with van der Waals surface area (Å²) in [6.07, 6.45) is 1.04. The molecule has 5 nitrogen and oxygen atoms in total. The Kier molecular flexibility index (Phi) is 4.56. The third kappa shape index (κ3) is 3.68. The van der Waals surface area contributed by atoms with Crippen LogP contribution < -0.4 is 5.32 Å². The number of hydrogen-bond acceptors (Lipinski definition) is 3. The van der Waals surface area contributed by atoms with E-state index in [-0.39, 0.29) is 16.7 Å². The molecule has 2 rings (SSSR count). The summed E-state index contributed by atoms with van der Waals surface area (Å²) in [5.41, 5.74) is 0.605. The van der Waals surface area contributed by atoms with E-state index in [0.717, 1.165) is 11.8 Å². The molecule has 0 atom stereocenters. The zero-order valence-electron chi connectivity index (χ0n) is 12.2. The average molecular weight is 322 g/mol. The lowest BCUT2D eigenvalue weighted by Crippen LogP contribution is -2.36. The summed E-state index contributed by atoms with van der Waals surface area (Å²) in [6.45, 7) is 4.31. The first kappa shape index (κ1) is 16.1. The molecule has 0 aliphatic carbocycles. The number of nitrogens with one attached hydrogen (secondary N) is 1. The van der Waals surface area contributed by atoms with Crippen molar-refractivity contribution in [3.05, 3.63) is 58.5 Å². The lowest BCUT2D eigenvalue weighted by atomic mass is 9.84. The molecule has 1 heterocycles. The van der Waals surface area contributed by atoms with Gasteiger partial charge in [0.25, 0.3) is 5.91 Å². The number of halogens is 1. The second-order valence-corrected chi connectivity index (χ2v) is 6.02. The van der Waals surface area contributed by atoms with Crippen molar-refractivity contribution in [2.45, 2.75) is 19.3 Å². The zero-order valence-corrected chi connectivity index (χ0v) is 13.0. The predicted octanol–water partition coefficient (Wildman–Crippen LogP) is 3.34. The lowest BCUT2D eigenvalue weighted by Gasteiger charge is -2.25. The van der Waals surface area contributed by atoms with Gasteiger partial charge in [-0.3, -0.25) is 4.79 Å². The Balaban J connectivity index is 2.04. The van der Waals surface area contributed by atoms with E-state index >= 15 is 0 Å². The van der Waals surface area contributed by atoms with Gasteiger partial charge in [0.2, 0.25) is 0 Å². The molecular weight excluding hydrogens is 306 g/mol. The minimum Gasteiger partial charge on any atom is -0.478 e. The third-order valence-corrected chi connectivity index (χ3v) is 3.60. The number of hydrogen-bond donors (Lipinski definition) is 2. The van der Waals surface area contributed by atoms with E-state index in [1.165, 1.54) is 6.07 Å². The first-order chi connectivity index (χ1) is 10.3. The molecule has 0 saturated carbocycles. The topological polar surface area (TPSA) is 79.5 Å². The van der Waals surface area contributed by atoms with Crippen molar-refractivity contribution >= 4 is 23.5 Å². The molecule has 0 aliphatic rings. The van der Waals surface area contributed by atoms with Crippen LogP contribution in [0.2, 0.25) is 5.02 Å². The Morgan fingerprint density at radius 2 is 2.05 bits per heavy atom. The number of furan rings is 1. The number of benzene rings is 1. The van der Waals surface area contributed by atoms with Gasteiger partial charge in [-0.05, 0) is 17.7 Å². The molecule has 2 N–H and O–H groups in total. The summed E-state index contributed by atoms with van der Waals surface area (Å²) in [6, 6.07) is 8.63. The molecular formula is C16H16ClNO4. The predicted molar refractivity (Wildman–Crippen MR) is 82.5 cm³/mol. The van der Waals surface area contributed by atoms with Crippen LogP contribution in [0.5, 0.6) is 0 Å². The van der Waals surface area contributed by atoms with Crippen molar-refractivity contribution in [1.82, 2.24) is 5.32 Å². The normalized spacial score (nSPS) is 11.2. The van der Waals surface area contributed by atoms with E-state index in [1.807, 2.05) is 32.0 Å². The fourth-order valence-electron chi connectivity index (χ4n) is 1.97. The van der Waals surface area contributed by atoms with E-state index in [2.05, 4.69) is 5.32 Å². The SMILES string of the molecule is CC(C)(CNC(=O)c1cc(C(=O)O)co1)c1cccc(Cl)c1. The van der Waals surface area contributed by atoms with Gasteiger partial charge in [-0.25, -0.2) is 4.79 Å². The summed E-state index contributed by atoms with van der Waals surface area (Å²) in [4.78, 5) is 22.8. The van der Waals surface area contributed by atoms with Crippen LogP contribution in [-0.2, 0) is 5.41 Å². The fourth-order valence-corrected chi connectivity index (χ4v) is 2.16. The number of carbonyl (C=O) groups excluding carboxylic acids is 1. The molecule has 0 fully saturated rings. The second kappa shape index (κ2) is 6.23. The van der Waals surface area contributed by atoms with E-state index in [9.17, 15) is 9.59 Å². The molecule has 0 spiro atoms. The second-order valence-electron chi connectivity index (χ2n) is 5.58. The van der Waals surface area contributed by atoms with Crippen LogP contribution in [0.3, 0.4) is 0 Å². The van der Waals surface area contributed by atoms with Gasteiger partial charge in [-0.15, -0.1) is 0 Å². The molecule has 1 amide bonds. The van der Waals surface area contributed by atoms with Gasteiger partial charge in [0.1, 0.15) is 6.26 Å². The Bertz CT molecular complexity index is 706. The first-order valence-electron chi connectivity index (χ1n) is 6.66. The number of aromatic carboxylic acids is 1. The first-order valence-corrected chi connectivity index (χ1v) is 7.03. The largest absolute Gasteiger partial charge is 0.478 e. The maximum Gasteiger partial charge on any atom is 0.338 e. The number of amides is 1. The van der Waals surface area contributed by atoms with Crippen LogP contribution in [0.1, 0.15) is 40.3 Å². The maximum atomic E-state index is 12.0. The van der Waals surface area contributed by atoms with Crippen LogP contribution >= 0.6 is 11.6 Å². The van der Waals surface area contributed by atoms with E-state index in [1.54, 1.807) is 6.07 Å². The summed E-state index contributed by atoms with van der Waals surface area (Å²) in [7, 11) is 0. The molecule has 6 heteroatoms. The number of rotatable bonds is 5. The highest BCUT2D eigenvalue weighted by Crippen LogP contribution is 2.25. The number of carboxylic acids is 1. The van der Waals surface area contributed by atoms with Crippen LogP contribution in [0, 0.1) is 0 Å². The van der Waals surface area contributed by atoms with Gasteiger partial charge in [-0.2, -0.15) is 0 Å². The molecule has 0 saturated heterocycles. The summed E-state index contributed by atoms with van der Waals surface area (Å²) >= 11 is 5.98. The van der Waals surface area contributed by atoms with E-state index in [0.29, 0.717) is 11.6 Å². The summed E-state index contributed by atoms with van der Waals surface area (Å²) in [5, 5.41) is 12.2. The van der Waals surface area contributed by atoms with Crippen molar-refractivity contribution < 1.29 is 19.1 Å². The highest BCUT2D eigenvalue weighted by atomic mass is 35.5. The summed E-state index contributed by atoms with van der Waals surface area (Å²) in [5.74, 6) is -1.62. The van der Waals surface area contributed by atoms with Gasteiger partial charge in [0, 0.05) is 23.0 Å². The molecule has 22 heavy (non-hydrogen) atoms. The van der Waals surface area contributed by atoms with Crippen molar-refractivity contribution in [3.8, 4) is 0 Å².